The lowest BCUT2D eigenvalue weighted by molar-refractivity contribution is -0.131. The molecule has 0 radical (unpaired) electrons. The zero-order chi connectivity index (χ0) is 19.4. The van der Waals surface area contributed by atoms with Crippen molar-refractivity contribution in [2.45, 2.75) is 46.1 Å². The van der Waals surface area contributed by atoms with Crippen LogP contribution in [0.15, 0.2) is 40.9 Å². The minimum Gasteiger partial charge on any atom is -0.355 e. The quantitative estimate of drug-likeness (QED) is 0.875. The first-order chi connectivity index (χ1) is 12.8. The van der Waals surface area contributed by atoms with Crippen molar-refractivity contribution in [3.05, 3.63) is 42.1 Å². The molecule has 144 valence electrons. The maximum Gasteiger partial charge on any atom is 0.273 e. The van der Waals surface area contributed by atoms with Crippen LogP contribution in [0.25, 0.3) is 11.3 Å². The minimum absolute atomic E-state index is 0.0208. The molecule has 2 aromatic rings. The summed E-state index contributed by atoms with van der Waals surface area (Å²) in [4.78, 5) is 26.8. The van der Waals surface area contributed by atoms with Crippen LogP contribution in [0.3, 0.4) is 0 Å². The number of likely N-dealkylation sites (tertiary alicyclic amines) is 1. The number of hydrogen-bond donors (Lipinski definition) is 1. The fourth-order valence-electron chi connectivity index (χ4n) is 3.55. The van der Waals surface area contributed by atoms with Gasteiger partial charge in [-0.3, -0.25) is 9.59 Å². The number of rotatable bonds is 5. The van der Waals surface area contributed by atoms with Crippen molar-refractivity contribution in [1.29, 1.82) is 0 Å². The Kier molecular flexibility index (Phi) is 5.63. The molecule has 1 N–H and O–H groups in total. The van der Waals surface area contributed by atoms with Crippen molar-refractivity contribution in [1.82, 2.24) is 15.4 Å². The first-order valence-corrected chi connectivity index (χ1v) is 9.43. The molecule has 3 rings (SSSR count). The van der Waals surface area contributed by atoms with Gasteiger partial charge in [0.1, 0.15) is 0 Å². The van der Waals surface area contributed by atoms with Crippen LogP contribution in [0.5, 0.6) is 0 Å². The Morgan fingerprint density at radius 2 is 2.00 bits per heavy atom. The van der Waals surface area contributed by atoms with Gasteiger partial charge in [0.15, 0.2) is 11.5 Å². The number of carbonyl (C=O) groups excluding carboxylic acids is 2. The molecule has 0 spiro atoms. The smallest absolute Gasteiger partial charge is 0.273 e. The molecule has 1 aromatic heterocycles. The van der Waals surface area contributed by atoms with Crippen LogP contribution in [0.4, 0.5) is 0 Å². The summed E-state index contributed by atoms with van der Waals surface area (Å²) in [5.74, 6) is 0.0830. The summed E-state index contributed by atoms with van der Waals surface area (Å²) in [6, 6.07) is 11.3. The van der Waals surface area contributed by atoms with E-state index in [0.717, 1.165) is 31.4 Å². The predicted molar refractivity (Wildman–Crippen MR) is 103 cm³/mol. The highest BCUT2D eigenvalue weighted by molar-refractivity contribution is 5.95. The number of nitrogens with zero attached hydrogens (tertiary/aromatic N) is 2. The van der Waals surface area contributed by atoms with Crippen LogP contribution < -0.4 is 5.32 Å². The fraction of sp³-hybridized carbons (Fsp3) is 0.476. The van der Waals surface area contributed by atoms with E-state index >= 15 is 0 Å². The van der Waals surface area contributed by atoms with Gasteiger partial charge in [0.25, 0.3) is 5.91 Å². The molecule has 6 nitrogen and oxygen atoms in total. The maximum atomic E-state index is 12.6. The van der Waals surface area contributed by atoms with Gasteiger partial charge in [-0.15, -0.1) is 0 Å². The Balaban J connectivity index is 1.56. The van der Waals surface area contributed by atoms with E-state index in [1.54, 1.807) is 6.07 Å². The molecular weight excluding hydrogens is 342 g/mol. The van der Waals surface area contributed by atoms with Crippen molar-refractivity contribution in [2.24, 2.45) is 5.41 Å². The molecule has 1 saturated heterocycles. The molecule has 1 unspecified atom stereocenters. The second-order valence-corrected chi connectivity index (χ2v) is 8.27. The Hall–Kier alpha value is -2.63. The Bertz CT molecular complexity index is 793. The molecule has 6 heteroatoms. The van der Waals surface area contributed by atoms with Crippen molar-refractivity contribution >= 4 is 11.8 Å². The van der Waals surface area contributed by atoms with Crippen molar-refractivity contribution < 1.29 is 14.1 Å². The average Bonchev–Trinajstić information content (AvgIpc) is 3.28. The number of aromatic nitrogens is 1. The third-order valence-electron chi connectivity index (χ3n) is 4.75. The van der Waals surface area contributed by atoms with E-state index in [1.165, 1.54) is 0 Å². The number of amides is 2. The topological polar surface area (TPSA) is 75.4 Å². The second-order valence-electron chi connectivity index (χ2n) is 8.27. The molecular formula is C21H27N3O3. The van der Waals surface area contributed by atoms with E-state index in [9.17, 15) is 9.59 Å². The summed E-state index contributed by atoms with van der Waals surface area (Å²) in [7, 11) is 0. The number of carbonyl (C=O) groups is 2. The zero-order valence-electron chi connectivity index (χ0n) is 16.2. The first-order valence-electron chi connectivity index (χ1n) is 9.43. The monoisotopic (exact) mass is 369 g/mol. The molecule has 1 aliphatic rings. The molecule has 1 aliphatic heterocycles. The highest BCUT2D eigenvalue weighted by Gasteiger charge is 2.31. The largest absolute Gasteiger partial charge is 0.355 e. The summed E-state index contributed by atoms with van der Waals surface area (Å²) in [5.41, 5.74) is 1.20. The normalized spacial score (nSPS) is 17.1. The average molecular weight is 369 g/mol. The lowest BCUT2D eigenvalue weighted by atomic mass is 9.87. The van der Waals surface area contributed by atoms with Gasteiger partial charge in [0, 0.05) is 24.2 Å². The van der Waals surface area contributed by atoms with E-state index in [0.29, 0.717) is 5.76 Å². The van der Waals surface area contributed by atoms with Crippen molar-refractivity contribution in [3.8, 4) is 11.3 Å². The zero-order valence-corrected chi connectivity index (χ0v) is 16.2. The van der Waals surface area contributed by atoms with E-state index < -0.39 is 5.91 Å². The minimum atomic E-state index is -0.402. The van der Waals surface area contributed by atoms with Gasteiger partial charge in [-0.2, -0.15) is 0 Å². The van der Waals surface area contributed by atoms with Crippen molar-refractivity contribution in [3.63, 3.8) is 0 Å². The van der Waals surface area contributed by atoms with Gasteiger partial charge in [-0.25, -0.2) is 0 Å². The lowest BCUT2D eigenvalue weighted by Gasteiger charge is -2.30. The fourth-order valence-corrected chi connectivity index (χ4v) is 3.55. The van der Waals surface area contributed by atoms with Crippen LogP contribution in [-0.4, -0.2) is 41.0 Å². The maximum absolute atomic E-state index is 12.6. The van der Waals surface area contributed by atoms with Crippen LogP contribution in [0, 0.1) is 5.41 Å². The summed E-state index contributed by atoms with van der Waals surface area (Å²) in [5, 5.41) is 6.49. The van der Waals surface area contributed by atoms with E-state index in [-0.39, 0.29) is 29.6 Å². The van der Waals surface area contributed by atoms with Gasteiger partial charge < -0.3 is 14.7 Å². The van der Waals surface area contributed by atoms with Gasteiger partial charge in [-0.05, 0) is 24.7 Å². The summed E-state index contributed by atoms with van der Waals surface area (Å²) in [6.45, 7) is 7.30. The third-order valence-corrected chi connectivity index (χ3v) is 4.75. The third kappa shape index (κ3) is 4.96. The molecule has 2 heterocycles. The molecule has 0 bridgehead atoms. The second kappa shape index (κ2) is 7.94. The summed E-state index contributed by atoms with van der Waals surface area (Å²) in [6.07, 6.45) is 3.02. The highest BCUT2D eigenvalue weighted by atomic mass is 16.5. The number of hydrogen-bond acceptors (Lipinski definition) is 4. The predicted octanol–water partition coefficient (Wildman–Crippen LogP) is 3.50. The van der Waals surface area contributed by atoms with E-state index in [2.05, 4.69) is 31.2 Å². The highest BCUT2D eigenvalue weighted by Crippen LogP contribution is 2.29. The van der Waals surface area contributed by atoms with Crippen LogP contribution in [0.2, 0.25) is 0 Å². The molecule has 27 heavy (non-hydrogen) atoms. The van der Waals surface area contributed by atoms with Gasteiger partial charge in [-0.1, -0.05) is 56.3 Å². The molecule has 1 aromatic carbocycles. The molecule has 1 atom stereocenters. The van der Waals surface area contributed by atoms with Gasteiger partial charge >= 0.3 is 0 Å². The lowest BCUT2D eigenvalue weighted by Crippen LogP contribution is -2.43. The molecule has 0 saturated carbocycles. The molecule has 0 aliphatic carbocycles. The van der Waals surface area contributed by atoms with Crippen molar-refractivity contribution in [2.75, 3.05) is 13.1 Å². The SMILES string of the molecule is CC(C)(C)CC1CCCN1C(=O)CNC(=O)c1cc(-c2ccccc2)on1. The Morgan fingerprint density at radius 3 is 2.70 bits per heavy atom. The van der Waals surface area contributed by atoms with Gasteiger partial charge in [0.2, 0.25) is 5.91 Å². The summed E-state index contributed by atoms with van der Waals surface area (Å²) >= 11 is 0. The van der Waals surface area contributed by atoms with Gasteiger partial charge in [0.05, 0.1) is 6.54 Å². The van der Waals surface area contributed by atoms with E-state index in [4.69, 9.17) is 4.52 Å². The van der Waals surface area contributed by atoms with Crippen LogP contribution in [0.1, 0.15) is 50.5 Å². The number of nitrogens with one attached hydrogen (secondary N) is 1. The Labute approximate surface area is 159 Å². The van der Waals surface area contributed by atoms with Crippen LogP contribution >= 0.6 is 0 Å². The summed E-state index contributed by atoms with van der Waals surface area (Å²) < 4.78 is 5.24. The number of benzene rings is 1. The Morgan fingerprint density at radius 1 is 1.26 bits per heavy atom. The first kappa shape index (κ1) is 19.1. The van der Waals surface area contributed by atoms with E-state index in [1.807, 2.05) is 35.2 Å². The van der Waals surface area contributed by atoms with Crippen LogP contribution in [-0.2, 0) is 4.79 Å². The standard InChI is InChI=1S/C21H27N3O3/c1-21(2,3)13-16-10-7-11-24(16)19(25)14-22-20(26)17-12-18(27-23-17)15-8-5-4-6-9-15/h4-6,8-9,12,16H,7,10-11,13-14H2,1-3H3,(H,22,26). The molecule has 1 fully saturated rings. The molecule has 2 amide bonds.